The maximum absolute atomic E-state index is 12.6. The summed E-state index contributed by atoms with van der Waals surface area (Å²) in [5, 5.41) is 0. The minimum Gasteiger partial charge on any atom is -0.497 e. The van der Waals surface area contributed by atoms with Crippen LogP contribution in [0, 0.1) is 0 Å². The van der Waals surface area contributed by atoms with Crippen LogP contribution in [0.15, 0.2) is 23.1 Å². The van der Waals surface area contributed by atoms with Crippen LogP contribution in [0.4, 0.5) is 0 Å². The Morgan fingerprint density at radius 1 is 1.18 bits per heavy atom. The zero-order chi connectivity index (χ0) is 16.2. The topological polar surface area (TPSA) is 90.6 Å². The van der Waals surface area contributed by atoms with E-state index in [2.05, 4.69) is 4.72 Å². The van der Waals surface area contributed by atoms with E-state index in [1.54, 1.807) is 12.1 Å². The monoisotopic (exact) mass is 328 g/mol. The third kappa shape index (κ3) is 3.91. The van der Waals surface area contributed by atoms with Gasteiger partial charge in [0.1, 0.15) is 16.4 Å². The molecule has 0 heterocycles. The van der Waals surface area contributed by atoms with Gasteiger partial charge in [-0.15, -0.1) is 0 Å². The Balaban J connectivity index is 2.19. The summed E-state index contributed by atoms with van der Waals surface area (Å²) in [6.45, 7) is 0.232. The standard InChI is InChI=1S/C15H24N2O4S/c1-20-12-6-7-13(21-2)14(10-12)22(18,19)17-11-15(16)8-4-3-5-9-15/h6-7,10,17H,3-5,8-9,11,16H2,1-2H3. The van der Waals surface area contributed by atoms with Crippen LogP contribution >= 0.6 is 0 Å². The Morgan fingerprint density at radius 3 is 2.45 bits per heavy atom. The second-order valence-electron chi connectivity index (χ2n) is 5.76. The predicted molar refractivity (Wildman–Crippen MR) is 84.7 cm³/mol. The molecule has 22 heavy (non-hydrogen) atoms. The first kappa shape index (κ1) is 17.1. The fraction of sp³-hybridized carbons (Fsp3) is 0.600. The van der Waals surface area contributed by atoms with Gasteiger partial charge in [0.2, 0.25) is 10.0 Å². The average molecular weight is 328 g/mol. The summed E-state index contributed by atoms with van der Waals surface area (Å²) >= 11 is 0. The van der Waals surface area contributed by atoms with E-state index in [-0.39, 0.29) is 17.2 Å². The zero-order valence-electron chi connectivity index (χ0n) is 13.1. The molecule has 1 saturated carbocycles. The van der Waals surface area contributed by atoms with Gasteiger partial charge in [0, 0.05) is 18.2 Å². The van der Waals surface area contributed by atoms with E-state index in [0.717, 1.165) is 32.1 Å². The second kappa shape index (κ2) is 6.85. The highest BCUT2D eigenvalue weighted by Crippen LogP contribution is 2.29. The molecule has 0 aromatic heterocycles. The number of benzene rings is 1. The van der Waals surface area contributed by atoms with Crippen LogP contribution in [0.2, 0.25) is 0 Å². The number of nitrogens with one attached hydrogen (secondary N) is 1. The lowest BCUT2D eigenvalue weighted by Crippen LogP contribution is -2.51. The van der Waals surface area contributed by atoms with Crippen molar-refractivity contribution in [1.29, 1.82) is 0 Å². The SMILES string of the molecule is COc1ccc(OC)c(S(=O)(=O)NCC2(N)CCCCC2)c1. The average Bonchev–Trinajstić information content (AvgIpc) is 2.53. The third-order valence-electron chi connectivity index (χ3n) is 4.12. The molecule has 1 fully saturated rings. The maximum Gasteiger partial charge on any atom is 0.244 e. The number of sulfonamides is 1. The molecular formula is C15H24N2O4S. The first-order valence-electron chi connectivity index (χ1n) is 7.41. The highest BCUT2D eigenvalue weighted by Gasteiger charge is 2.30. The van der Waals surface area contributed by atoms with Crippen molar-refractivity contribution < 1.29 is 17.9 Å². The molecule has 1 aromatic carbocycles. The molecule has 1 aromatic rings. The zero-order valence-corrected chi connectivity index (χ0v) is 13.9. The lowest BCUT2D eigenvalue weighted by Gasteiger charge is -2.33. The number of hydrogen-bond acceptors (Lipinski definition) is 5. The van der Waals surface area contributed by atoms with E-state index in [9.17, 15) is 8.42 Å². The molecule has 0 spiro atoms. The van der Waals surface area contributed by atoms with Crippen LogP contribution in [0.1, 0.15) is 32.1 Å². The smallest absolute Gasteiger partial charge is 0.244 e. The number of hydrogen-bond donors (Lipinski definition) is 2. The molecule has 0 aliphatic heterocycles. The Bertz CT molecular complexity index is 610. The van der Waals surface area contributed by atoms with E-state index >= 15 is 0 Å². The molecule has 6 nitrogen and oxygen atoms in total. The van der Waals surface area contributed by atoms with Gasteiger partial charge in [-0.3, -0.25) is 0 Å². The lowest BCUT2D eigenvalue weighted by atomic mass is 9.83. The molecule has 0 unspecified atom stereocenters. The Hall–Kier alpha value is -1.31. The van der Waals surface area contributed by atoms with Gasteiger partial charge < -0.3 is 15.2 Å². The maximum atomic E-state index is 12.6. The molecule has 0 radical (unpaired) electrons. The van der Waals surface area contributed by atoms with Gasteiger partial charge >= 0.3 is 0 Å². The van der Waals surface area contributed by atoms with Crippen LogP contribution < -0.4 is 19.9 Å². The molecular weight excluding hydrogens is 304 g/mol. The second-order valence-corrected chi connectivity index (χ2v) is 7.50. The summed E-state index contributed by atoms with van der Waals surface area (Å²) in [5.41, 5.74) is 5.83. The Labute approximate surface area is 132 Å². The van der Waals surface area contributed by atoms with Crippen molar-refractivity contribution in [3.05, 3.63) is 18.2 Å². The summed E-state index contributed by atoms with van der Waals surface area (Å²) in [6, 6.07) is 4.68. The summed E-state index contributed by atoms with van der Waals surface area (Å²) in [6.07, 6.45) is 4.92. The van der Waals surface area contributed by atoms with Gasteiger partial charge in [0.05, 0.1) is 14.2 Å². The molecule has 7 heteroatoms. The van der Waals surface area contributed by atoms with Gasteiger partial charge in [-0.1, -0.05) is 19.3 Å². The predicted octanol–water partition coefficient (Wildman–Crippen LogP) is 1.64. The molecule has 124 valence electrons. The van der Waals surface area contributed by atoms with Crippen molar-refractivity contribution in [2.24, 2.45) is 5.73 Å². The van der Waals surface area contributed by atoms with Gasteiger partial charge in [0.25, 0.3) is 0 Å². The van der Waals surface area contributed by atoms with Crippen molar-refractivity contribution in [3.8, 4) is 11.5 Å². The van der Waals surface area contributed by atoms with E-state index < -0.39 is 15.6 Å². The number of rotatable bonds is 6. The highest BCUT2D eigenvalue weighted by atomic mass is 32.2. The normalized spacial score (nSPS) is 18.0. The lowest BCUT2D eigenvalue weighted by molar-refractivity contribution is 0.296. The number of methoxy groups -OCH3 is 2. The van der Waals surface area contributed by atoms with Crippen molar-refractivity contribution in [3.63, 3.8) is 0 Å². The van der Waals surface area contributed by atoms with Crippen molar-refractivity contribution in [2.75, 3.05) is 20.8 Å². The van der Waals surface area contributed by atoms with Gasteiger partial charge in [-0.25, -0.2) is 13.1 Å². The van der Waals surface area contributed by atoms with E-state index in [1.165, 1.54) is 20.3 Å². The van der Waals surface area contributed by atoms with Crippen molar-refractivity contribution in [2.45, 2.75) is 42.5 Å². The molecule has 2 rings (SSSR count). The molecule has 3 N–H and O–H groups in total. The molecule has 1 aliphatic carbocycles. The number of nitrogens with two attached hydrogens (primary N) is 1. The molecule has 0 amide bonds. The van der Waals surface area contributed by atoms with Crippen LogP contribution in [0.3, 0.4) is 0 Å². The fourth-order valence-electron chi connectivity index (χ4n) is 2.74. The minimum atomic E-state index is -3.71. The van der Waals surface area contributed by atoms with Crippen LogP contribution in [-0.2, 0) is 10.0 Å². The van der Waals surface area contributed by atoms with Crippen LogP contribution in [-0.4, -0.2) is 34.7 Å². The van der Waals surface area contributed by atoms with Gasteiger partial charge in [0.15, 0.2) is 0 Å². The highest BCUT2D eigenvalue weighted by molar-refractivity contribution is 7.89. The third-order valence-corrected chi connectivity index (χ3v) is 5.55. The number of ether oxygens (including phenoxy) is 2. The van der Waals surface area contributed by atoms with Gasteiger partial charge in [-0.2, -0.15) is 0 Å². The summed E-state index contributed by atoms with van der Waals surface area (Å²) in [7, 11) is -0.783. The Morgan fingerprint density at radius 2 is 1.86 bits per heavy atom. The molecule has 1 aliphatic rings. The quantitative estimate of drug-likeness (QED) is 0.828. The first-order valence-corrected chi connectivity index (χ1v) is 8.89. The van der Waals surface area contributed by atoms with Crippen LogP contribution in [0.5, 0.6) is 11.5 Å². The molecule has 0 saturated heterocycles. The van der Waals surface area contributed by atoms with Crippen LogP contribution in [0.25, 0.3) is 0 Å². The Kier molecular flexibility index (Phi) is 5.31. The van der Waals surface area contributed by atoms with E-state index in [1.807, 2.05) is 0 Å². The molecule has 0 atom stereocenters. The minimum absolute atomic E-state index is 0.0637. The largest absolute Gasteiger partial charge is 0.497 e. The molecule has 0 bridgehead atoms. The van der Waals surface area contributed by atoms with Crippen molar-refractivity contribution >= 4 is 10.0 Å². The summed E-state index contributed by atoms with van der Waals surface area (Å²) in [4.78, 5) is 0.0637. The van der Waals surface area contributed by atoms with E-state index in [4.69, 9.17) is 15.2 Å². The fourth-order valence-corrected chi connectivity index (χ4v) is 4.06. The summed E-state index contributed by atoms with van der Waals surface area (Å²) in [5.74, 6) is 0.740. The van der Waals surface area contributed by atoms with E-state index in [0.29, 0.717) is 5.75 Å². The van der Waals surface area contributed by atoms with Crippen molar-refractivity contribution in [1.82, 2.24) is 4.72 Å². The van der Waals surface area contributed by atoms with Gasteiger partial charge in [-0.05, 0) is 25.0 Å². The first-order chi connectivity index (χ1) is 10.4. The summed E-state index contributed by atoms with van der Waals surface area (Å²) < 4.78 is 38.0.